The Balaban J connectivity index is 1.46. The van der Waals surface area contributed by atoms with E-state index in [2.05, 4.69) is 35.6 Å². The summed E-state index contributed by atoms with van der Waals surface area (Å²) in [5, 5.41) is 2.79. The van der Waals surface area contributed by atoms with Gasteiger partial charge in [0.15, 0.2) is 0 Å². The molecule has 0 aromatic heterocycles. The van der Waals surface area contributed by atoms with E-state index in [-0.39, 0.29) is 5.82 Å². The van der Waals surface area contributed by atoms with Crippen LogP contribution in [0.15, 0.2) is 48.5 Å². The van der Waals surface area contributed by atoms with Crippen LogP contribution in [-0.4, -0.2) is 19.1 Å². The Morgan fingerprint density at radius 3 is 2.48 bits per heavy atom. The van der Waals surface area contributed by atoms with Crippen LogP contribution >= 0.6 is 11.6 Å². The molecule has 1 aliphatic rings. The molecule has 1 fully saturated rings. The quantitative estimate of drug-likeness (QED) is 0.832. The number of rotatable bonds is 5. The summed E-state index contributed by atoms with van der Waals surface area (Å²) in [6.07, 6.45) is 2.35. The summed E-state index contributed by atoms with van der Waals surface area (Å²) >= 11 is 6.10. The maximum absolute atomic E-state index is 13.8. The van der Waals surface area contributed by atoms with Gasteiger partial charge < -0.3 is 10.2 Å². The van der Waals surface area contributed by atoms with E-state index in [1.165, 1.54) is 37.6 Å². The molecule has 0 spiro atoms. The van der Waals surface area contributed by atoms with Gasteiger partial charge in [0.1, 0.15) is 18.9 Å². The Bertz CT molecular complexity index is 604. The monoisotopic (exact) mass is 334 g/mol. The van der Waals surface area contributed by atoms with Crippen molar-refractivity contribution in [3.05, 3.63) is 70.5 Å². The molecule has 2 aromatic rings. The van der Waals surface area contributed by atoms with Crippen LogP contribution in [0.5, 0.6) is 0 Å². The van der Waals surface area contributed by atoms with E-state index in [4.69, 9.17) is 11.6 Å². The summed E-state index contributed by atoms with van der Waals surface area (Å²) in [5.41, 5.74) is 2.04. The van der Waals surface area contributed by atoms with Crippen LogP contribution in [-0.2, 0) is 13.1 Å². The minimum Gasteiger partial charge on any atom is -0.340 e. The van der Waals surface area contributed by atoms with Gasteiger partial charge in [0.2, 0.25) is 0 Å². The Kier molecular flexibility index (Phi) is 5.65. The van der Waals surface area contributed by atoms with Crippen molar-refractivity contribution in [2.45, 2.75) is 32.0 Å². The predicted octanol–water partition coefficient (Wildman–Crippen LogP) is 1.79. The number of hydrogen-bond acceptors (Lipinski definition) is 0. The lowest BCUT2D eigenvalue weighted by molar-refractivity contribution is -0.926. The number of halogens is 2. The van der Waals surface area contributed by atoms with E-state index in [0.29, 0.717) is 23.2 Å². The molecule has 122 valence electrons. The Labute approximate surface area is 142 Å². The normalized spacial score (nSPS) is 21.3. The molecule has 1 aliphatic heterocycles. The first-order valence-corrected chi connectivity index (χ1v) is 8.74. The fourth-order valence-corrected chi connectivity index (χ4v) is 3.60. The Hall–Kier alpha value is -1.42. The summed E-state index contributed by atoms with van der Waals surface area (Å²) in [4.78, 5) is 1.64. The van der Waals surface area contributed by atoms with Crippen LogP contribution in [0.3, 0.4) is 0 Å². The molecule has 0 unspecified atom stereocenters. The third-order valence-electron chi connectivity index (χ3n) is 4.75. The third kappa shape index (κ3) is 4.54. The second-order valence-electron chi connectivity index (χ2n) is 6.39. The number of quaternary nitrogens is 2. The van der Waals surface area contributed by atoms with E-state index in [0.717, 1.165) is 6.54 Å². The van der Waals surface area contributed by atoms with Crippen molar-refractivity contribution in [1.29, 1.82) is 0 Å². The van der Waals surface area contributed by atoms with Gasteiger partial charge in [-0.1, -0.05) is 48.0 Å². The highest BCUT2D eigenvalue weighted by Crippen LogP contribution is 2.17. The van der Waals surface area contributed by atoms with Gasteiger partial charge >= 0.3 is 0 Å². The van der Waals surface area contributed by atoms with Crippen molar-refractivity contribution in [1.82, 2.24) is 0 Å². The van der Waals surface area contributed by atoms with E-state index >= 15 is 0 Å². The first-order valence-electron chi connectivity index (χ1n) is 8.36. The second kappa shape index (κ2) is 7.91. The number of hydrogen-bond donors (Lipinski definition) is 2. The number of benzene rings is 2. The molecule has 1 heterocycles. The highest BCUT2D eigenvalue weighted by Gasteiger charge is 2.24. The first kappa shape index (κ1) is 16.4. The van der Waals surface area contributed by atoms with E-state index in [9.17, 15) is 4.39 Å². The van der Waals surface area contributed by atoms with Gasteiger partial charge in [-0.2, -0.15) is 0 Å². The van der Waals surface area contributed by atoms with E-state index in [1.54, 1.807) is 17.0 Å². The number of likely N-dealkylation sites (tertiary alicyclic amines) is 1. The van der Waals surface area contributed by atoms with Crippen LogP contribution in [0.2, 0.25) is 5.02 Å². The first-order chi connectivity index (χ1) is 11.2. The molecular weight excluding hydrogens is 311 g/mol. The maximum Gasteiger partial charge on any atom is 0.133 e. The predicted molar refractivity (Wildman–Crippen MR) is 90.9 cm³/mol. The minimum atomic E-state index is -0.194. The topological polar surface area (TPSA) is 21.1 Å². The third-order valence-corrected chi connectivity index (χ3v) is 5.11. The summed E-state index contributed by atoms with van der Waals surface area (Å²) in [7, 11) is 0. The number of nitrogens with two attached hydrogens (primary N) is 1. The zero-order valence-electron chi connectivity index (χ0n) is 13.3. The fourth-order valence-electron chi connectivity index (χ4n) is 3.36. The molecule has 0 radical (unpaired) electrons. The van der Waals surface area contributed by atoms with Crippen molar-refractivity contribution >= 4 is 11.6 Å². The van der Waals surface area contributed by atoms with Gasteiger partial charge in [0.05, 0.1) is 29.7 Å². The van der Waals surface area contributed by atoms with Gasteiger partial charge in [-0.05, 0) is 12.1 Å². The highest BCUT2D eigenvalue weighted by atomic mass is 35.5. The maximum atomic E-state index is 13.8. The van der Waals surface area contributed by atoms with Crippen molar-refractivity contribution in [3.63, 3.8) is 0 Å². The van der Waals surface area contributed by atoms with Crippen LogP contribution < -0.4 is 10.2 Å². The van der Waals surface area contributed by atoms with Gasteiger partial charge in [-0.3, -0.25) is 0 Å². The molecule has 3 rings (SSSR count). The molecule has 0 bridgehead atoms. The highest BCUT2D eigenvalue weighted by molar-refractivity contribution is 6.31. The van der Waals surface area contributed by atoms with E-state index < -0.39 is 0 Å². The van der Waals surface area contributed by atoms with Crippen LogP contribution in [0, 0.1) is 5.82 Å². The molecule has 2 aromatic carbocycles. The molecule has 0 atom stereocenters. The Morgan fingerprint density at radius 1 is 1.04 bits per heavy atom. The van der Waals surface area contributed by atoms with Gasteiger partial charge in [0, 0.05) is 18.4 Å². The average Bonchev–Trinajstić information content (AvgIpc) is 2.57. The van der Waals surface area contributed by atoms with Crippen LogP contribution in [0.1, 0.15) is 24.0 Å². The van der Waals surface area contributed by atoms with Gasteiger partial charge in [-0.25, -0.2) is 4.39 Å². The van der Waals surface area contributed by atoms with Gasteiger partial charge in [-0.15, -0.1) is 0 Å². The average molecular weight is 335 g/mol. The molecule has 0 aliphatic carbocycles. The lowest BCUT2D eigenvalue weighted by atomic mass is 10.0. The summed E-state index contributed by atoms with van der Waals surface area (Å²) < 4.78 is 13.8. The number of nitrogens with one attached hydrogen (secondary N) is 1. The van der Waals surface area contributed by atoms with Crippen molar-refractivity contribution in [3.8, 4) is 0 Å². The SMILES string of the molecule is Fc1cccc(Cl)c1C[NH2+]C1CC[NH+](Cc2ccccc2)CC1. The molecule has 4 heteroatoms. The molecule has 23 heavy (non-hydrogen) atoms. The summed E-state index contributed by atoms with van der Waals surface area (Å²) in [5.74, 6) is -0.194. The molecular formula is C19H24ClFN2+2. The zero-order chi connectivity index (χ0) is 16.1. The van der Waals surface area contributed by atoms with Crippen molar-refractivity contribution < 1.29 is 14.6 Å². The lowest BCUT2D eigenvalue weighted by Gasteiger charge is -2.28. The standard InChI is InChI=1S/C19H22ClFN2/c20-18-7-4-8-19(21)17(18)13-22-16-9-11-23(12-10-16)14-15-5-2-1-3-6-15/h1-8,16,22H,9-14H2/p+2. The largest absolute Gasteiger partial charge is 0.340 e. The second-order valence-corrected chi connectivity index (χ2v) is 6.80. The molecule has 0 saturated carbocycles. The Morgan fingerprint density at radius 2 is 1.78 bits per heavy atom. The summed E-state index contributed by atoms with van der Waals surface area (Å²) in [6, 6.07) is 16.2. The molecule has 1 saturated heterocycles. The van der Waals surface area contributed by atoms with Gasteiger partial charge in [0.25, 0.3) is 0 Å². The minimum absolute atomic E-state index is 0.194. The fraction of sp³-hybridized carbons (Fsp3) is 0.368. The smallest absolute Gasteiger partial charge is 0.133 e. The van der Waals surface area contributed by atoms with Crippen LogP contribution in [0.25, 0.3) is 0 Å². The molecule has 0 amide bonds. The van der Waals surface area contributed by atoms with E-state index in [1.807, 2.05) is 0 Å². The lowest BCUT2D eigenvalue weighted by Crippen LogP contribution is -3.13. The molecule has 3 N–H and O–H groups in total. The summed E-state index contributed by atoms with van der Waals surface area (Å²) in [6.45, 7) is 4.10. The number of piperidine rings is 1. The van der Waals surface area contributed by atoms with Crippen molar-refractivity contribution in [2.75, 3.05) is 13.1 Å². The zero-order valence-corrected chi connectivity index (χ0v) is 14.0. The van der Waals surface area contributed by atoms with Crippen molar-refractivity contribution in [2.24, 2.45) is 0 Å². The van der Waals surface area contributed by atoms with Crippen LogP contribution in [0.4, 0.5) is 4.39 Å². The molecule has 2 nitrogen and oxygen atoms in total.